The number of hydrogen-bond acceptors (Lipinski definition) is 4. The standard InChI is InChI=1S/C26H22ClNO4/c27-18-12-10-17(11-13-18)24(29)22-23(21-9-3-6-16-5-1-2-8-20(16)21)28(26(31)25(22)30)15-19-7-4-14-32-19/h1-3,5-6,8-13,19,23,29H,4,7,14-15H2/b24-22-. The van der Waals surface area contributed by atoms with E-state index in [4.69, 9.17) is 16.3 Å². The molecule has 5 rings (SSSR count). The SMILES string of the molecule is O=C1C(=O)N(CC2CCCO2)C(c2cccc3ccccc23)/C1=C(/O)c1ccc(Cl)cc1. The first kappa shape index (κ1) is 20.7. The molecule has 2 aliphatic heterocycles. The second-order valence-corrected chi connectivity index (χ2v) is 8.60. The molecule has 2 fully saturated rings. The van der Waals surface area contributed by atoms with E-state index in [1.807, 2.05) is 42.5 Å². The van der Waals surface area contributed by atoms with E-state index < -0.39 is 17.7 Å². The quantitative estimate of drug-likeness (QED) is 0.343. The molecule has 32 heavy (non-hydrogen) atoms. The van der Waals surface area contributed by atoms with E-state index in [2.05, 4.69) is 0 Å². The summed E-state index contributed by atoms with van der Waals surface area (Å²) in [4.78, 5) is 27.9. The molecule has 2 saturated heterocycles. The van der Waals surface area contributed by atoms with Gasteiger partial charge in [0.25, 0.3) is 11.7 Å². The van der Waals surface area contributed by atoms with Crippen LogP contribution in [0.15, 0.2) is 72.3 Å². The molecule has 0 bridgehead atoms. The van der Waals surface area contributed by atoms with E-state index >= 15 is 0 Å². The molecule has 0 aromatic heterocycles. The number of carbonyl (C=O) groups excluding carboxylic acids is 2. The van der Waals surface area contributed by atoms with Gasteiger partial charge in [0, 0.05) is 23.7 Å². The molecule has 6 heteroatoms. The monoisotopic (exact) mass is 447 g/mol. The molecule has 0 saturated carbocycles. The molecule has 1 amide bonds. The second-order valence-electron chi connectivity index (χ2n) is 8.16. The molecule has 2 unspecified atom stereocenters. The molecule has 3 aromatic carbocycles. The lowest BCUT2D eigenvalue weighted by atomic mass is 9.91. The molecule has 2 heterocycles. The zero-order valence-corrected chi connectivity index (χ0v) is 18.1. The molecule has 0 aliphatic carbocycles. The Hall–Kier alpha value is -3.15. The summed E-state index contributed by atoms with van der Waals surface area (Å²) < 4.78 is 5.77. The number of hydrogen-bond donors (Lipinski definition) is 1. The number of nitrogens with zero attached hydrogens (tertiary/aromatic N) is 1. The molecular weight excluding hydrogens is 426 g/mol. The van der Waals surface area contributed by atoms with Crippen molar-refractivity contribution >= 4 is 39.8 Å². The van der Waals surface area contributed by atoms with Crippen LogP contribution >= 0.6 is 11.6 Å². The van der Waals surface area contributed by atoms with Gasteiger partial charge in [0.15, 0.2) is 0 Å². The Morgan fingerprint density at radius 2 is 1.78 bits per heavy atom. The molecule has 0 spiro atoms. The molecule has 162 valence electrons. The van der Waals surface area contributed by atoms with Gasteiger partial charge in [-0.1, -0.05) is 54.1 Å². The van der Waals surface area contributed by atoms with Crippen molar-refractivity contribution in [2.45, 2.75) is 25.0 Å². The summed E-state index contributed by atoms with van der Waals surface area (Å²) in [6, 6.07) is 19.5. The number of amides is 1. The van der Waals surface area contributed by atoms with Crippen molar-refractivity contribution in [3.8, 4) is 0 Å². The van der Waals surface area contributed by atoms with Crippen LogP contribution in [-0.2, 0) is 14.3 Å². The summed E-state index contributed by atoms with van der Waals surface area (Å²) >= 11 is 6.00. The number of Topliss-reactive ketones (excluding diaryl/α,β-unsaturated/α-hetero) is 1. The fourth-order valence-electron chi connectivity index (χ4n) is 4.65. The van der Waals surface area contributed by atoms with Crippen molar-refractivity contribution in [1.29, 1.82) is 0 Å². The van der Waals surface area contributed by atoms with Gasteiger partial charge in [0.2, 0.25) is 0 Å². The van der Waals surface area contributed by atoms with Gasteiger partial charge in [-0.2, -0.15) is 0 Å². The third-order valence-corrected chi connectivity index (χ3v) is 6.45. The summed E-state index contributed by atoms with van der Waals surface area (Å²) in [5.74, 6) is -1.50. The van der Waals surface area contributed by atoms with Gasteiger partial charge in [-0.15, -0.1) is 0 Å². The van der Waals surface area contributed by atoms with E-state index in [9.17, 15) is 14.7 Å². The van der Waals surface area contributed by atoms with Gasteiger partial charge < -0.3 is 14.7 Å². The maximum Gasteiger partial charge on any atom is 0.295 e. The third kappa shape index (κ3) is 3.57. The Morgan fingerprint density at radius 1 is 1.03 bits per heavy atom. The largest absolute Gasteiger partial charge is 0.507 e. The number of ketones is 1. The zero-order chi connectivity index (χ0) is 22.2. The van der Waals surface area contributed by atoms with Gasteiger partial charge in [-0.25, -0.2) is 0 Å². The highest BCUT2D eigenvalue weighted by molar-refractivity contribution is 6.46. The Labute approximate surface area is 190 Å². The first-order chi connectivity index (χ1) is 15.5. The van der Waals surface area contributed by atoms with Gasteiger partial charge in [-0.05, 0) is 53.4 Å². The number of rotatable bonds is 4. The fraction of sp³-hybridized carbons (Fsp3) is 0.231. The van der Waals surface area contributed by atoms with E-state index in [1.165, 1.54) is 0 Å². The molecular formula is C26H22ClNO4. The molecule has 5 nitrogen and oxygen atoms in total. The summed E-state index contributed by atoms with van der Waals surface area (Å²) in [7, 11) is 0. The predicted octanol–water partition coefficient (Wildman–Crippen LogP) is 5.09. The highest BCUT2D eigenvalue weighted by Crippen LogP contribution is 2.42. The van der Waals surface area contributed by atoms with Gasteiger partial charge in [0.1, 0.15) is 5.76 Å². The summed E-state index contributed by atoms with van der Waals surface area (Å²) in [6.45, 7) is 0.953. The maximum absolute atomic E-state index is 13.2. The minimum atomic E-state index is -0.707. The smallest absolute Gasteiger partial charge is 0.295 e. The number of likely N-dealkylation sites (tertiary alicyclic amines) is 1. The van der Waals surface area contributed by atoms with Crippen LogP contribution < -0.4 is 0 Å². The zero-order valence-electron chi connectivity index (χ0n) is 17.3. The number of benzene rings is 3. The van der Waals surface area contributed by atoms with Crippen molar-refractivity contribution in [2.24, 2.45) is 0 Å². The average molecular weight is 448 g/mol. The lowest BCUT2D eigenvalue weighted by molar-refractivity contribution is -0.140. The highest BCUT2D eigenvalue weighted by atomic mass is 35.5. The Kier molecular flexibility index (Phi) is 5.45. The van der Waals surface area contributed by atoms with Crippen molar-refractivity contribution in [1.82, 2.24) is 4.90 Å². The van der Waals surface area contributed by atoms with Crippen molar-refractivity contribution in [3.05, 3.63) is 88.5 Å². The first-order valence-corrected chi connectivity index (χ1v) is 11.1. The number of aliphatic hydroxyl groups is 1. The molecule has 2 atom stereocenters. The van der Waals surface area contributed by atoms with Crippen molar-refractivity contribution in [2.75, 3.05) is 13.2 Å². The van der Waals surface area contributed by atoms with Gasteiger partial charge in [-0.3, -0.25) is 9.59 Å². The fourth-order valence-corrected chi connectivity index (χ4v) is 4.78. The summed E-state index contributed by atoms with van der Waals surface area (Å²) in [6.07, 6.45) is 1.64. The molecule has 2 aliphatic rings. The minimum absolute atomic E-state index is 0.0895. The lowest BCUT2D eigenvalue weighted by Crippen LogP contribution is -2.36. The van der Waals surface area contributed by atoms with Crippen LogP contribution in [0.4, 0.5) is 0 Å². The third-order valence-electron chi connectivity index (χ3n) is 6.20. The van der Waals surface area contributed by atoms with Crippen LogP contribution in [-0.4, -0.2) is 41.0 Å². The van der Waals surface area contributed by atoms with E-state index in [-0.39, 0.29) is 17.4 Å². The number of carbonyl (C=O) groups is 2. The summed E-state index contributed by atoms with van der Waals surface area (Å²) in [5.41, 5.74) is 1.33. The van der Waals surface area contributed by atoms with Crippen molar-refractivity contribution in [3.63, 3.8) is 0 Å². The van der Waals surface area contributed by atoms with Crippen LogP contribution in [0.2, 0.25) is 5.02 Å². The van der Waals surface area contributed by atoms with Crippen LogP contribution in [0, 0.1) is 0 Å². The average Bonchev–Trinajstić information content (AvgIpc) is 3.41. The number of halogens is 1. The maximum atomic E-state index is 13.2. The number of aliphatic hydroxyl groups excluding tert-OH is 1. The van der Waals surface area contributed by atoms with Gasteiger partial charge in [0.05, 0.1) is 17.7 Å². The Balaban J connectivity index is 1.70. The predicted molar refractivity (Wildman–Crippen MR) is 123 cm³/mol. The Morgan fingerprint density at radius 3 is 2.53 bits per heavy atom. The van der Waals surface area contributed by atoms with Crippen LogP contribution in [0.3, 0.4) is 0 Å². The van der Waals surface area contributed by atoms with E-state index in [0.717, 1.165) is 29.2 Å². The Bertz CT molecular complexity index is 1220. The van der Waals surface area contributed by atoms with Crippen LogP contribution in [0.5, 0.6) is 0 Å². The molecule has 0 radical (unpaired) electrons. The lowest BCUT2D eigenvalue weighted by Gasteiger charge is -2.28. The molecule has 3 aromatic rings. The normalized spacial score (nSPS) is 22.7. The van der Waals surface area contributed by atoms with E-state index in [0.29, 0.717) is 23.7 Å². The van der Waals surface area contributed by atoms with Crippen LogP contribution in [0.1, 0.15) is 30.0 Å². The number of fused-ring (bicyclic) bond motifs is 1. The highest BCUT2D eigenvalue weighted by Gasteiger charge is 2.47. The number of ether oxygens (including phenoxy) is 1. The van der Waals surface area contributed by atoms with Crippen molar-refractivity contribution < 1.29 is 19.4 Å². The van der Waals surface area contributed by atoms with Gasteiger partial charge >= 0.3 is 0 Å². The minimum Gasteiger partial charge on any atom is -0.507 e. The first-order valence-electron chi connectivity index (χ1n) is 10.7. The molecule has 1 N–H and O–H groups in total. The van der Waals surface area contributed by atoms with Crippen LogP contribution in [0.25, 0.3) is 16.5 Å². The van der Waals surface area contributed by atoms with E-state index in [1.54, 1.807) is 29.2 Å². The summed E-state index contributed by atoms with van der Waals surface area (Å²) in [5, 5.41) is 13.6. The second kappa shape index (κ2) is 8.41. The topological polar surface area (TPSA) is 66.8 Å².